The molecule has 0 aliphatic heterocycles. The summed E-state index contributed by atoms with van der Waals surface area (Å²) in [7, 11) is 3.38. The predicted octanol–water partition coefficient (Wildman–Crippen LogP) is 1.94. The maximum Gasteiger partial charge on any atom is 0.387 e. The summed E-state index contributed by atoms with van der Waals surface area (Å²) in [5.74, 6) is 1.26. The molecule has 2 N–H and O–H groups in total. The minimum absolute atomic E-state index is 0.0608. The highest BCUT2D eigenvalue weighted by Crippen LogP contribution is 2.24. The van der Waals surface area contributed by atoms with Crippen molar-refractivity contribution in [1.29, 1.82) is 0 Å². The molecule has 2 rings (SSSR count). The van der Waals surface area contributed by atoms with E-state index in [1.165, 1.54) is 18.5 Å². The number of ether oxygens (including phenoxy) is 1. The Morgan fingerprint density at radius 2 is 2.12 bits per heavy atom. The van der Waals surface area contributed by atoms with E-state index in [2.05, 4.69) is 30.4 Å². The van der Waals surface area contributed by atoms with Crippen molar-refractivity contribution in [3.8, 4) is 5.75 Å². The SMILES string of the molecule is CN=C(NCc1cc(Cl)ccc1OC(F)F)NCc1ncnn1C. The number of nitrogens with zero attached hydrogens (tertiary/aromatic N) is 4. The second kappa shape index (κ2) is 8.44. The van der Waals surface area contributed by atoms with Crippen LogP contribution < -0.4 is 15.4 Å². The zero-order chi connectivity index (χ0) is 17.5. The molecule has 0 aliphatic carbocycles. The van der Waals surface area contributed by atoms with Crippen molar-refractivity contribution in [2.45, 2.75) is 19.7 Å². The first-order valence-corrected chi connectivity index (χ1v) is 7.38. The smallest absolute Gasteiger partial charge is 0.387 e. The molecule has 2 aromatic rings. The summed E-state index contributed by atoms with van der Waals surface area (Å²) in [4.78, 5) is 8.14. The van der Waals surface area contributed by atoms with Crippen molar-refractivity contribution in [2.24, 2.45) is 12.0 Å². The number of benzene rings is 1. The molecule has 0 amide bonds. The molecular weight excluding hydrogens is 342 g/mol. The molecule has 0 aliphatic rings. The Hall–Kier alpha value is -2.42. The summed E-state index contributed by atoms with van der Waals surface area (Å²) in [6.45, 7) is -2.29. The lowest BCUT2D eigenvalue weighted by Crippen LogP contribution is -2.37. The molecule has 24 heavy (non-hydrogen) atoms. The van der Waals surface area contributed by atoms with Gasteiger partial charge >= 0.3 is 6.61 Å². The first kappa shape index (κ1) is 17.9. The molecule has 1 aromatic carbocycles. The van der Waals surface area contributed by atoms with Crippen LogP contribution in [0.1, 0.15) is 11.4 Å². The molecule has 7 nitrogen and oxygen atoms in total. The van der Waals surface area contributed by atoms with Gasteiger partial charge in [0.2, 0.25) is 0 Å². The van der Waals surface area contributed by atoms with Crippen LogP contribution in [0.15, 0.2) is 29.5 Å². The molecule has 0 fully saturated rings. The fraction of sp³-hybridized carbons (Fsp3) is 0.357. The van der Waals surface area contributed by atoms with Gasteiger partial charge in [-0.15, -0.1) is 0 Å². The normalized spacial score (nSPS) is 11.7. The van der Waals surface area contributed by atoms with Crippen LogP contribution in [0.25, 0.3) is 0 Å². The van der Waals surface area contributed by atoms with Crippen LogP contribution in [0.2, 0.25) is 5.02 Å². The van der Waals surface area contributed by atoms with Gasteiger partial charge in [-0.3, -0.25) is 9.67 Å². The van der Waals surface area contributed by atoms with Crippen LogP contribution in [0, 0.1) is 0 Å². The fourth-order valence-electron chi connectivity index (χ4n) is 1.94. The highest BCUT2D eigenvalue weighted by atomic mass is 35.5. The zero-order valence-corrected chi connectivity index (χ0v) is 13.9. The van der Waals surface area contributed by atoms with E-state index in [1.807, 2.05) is 0 Å². The van der Waals surface area contributed by atoms with Crippen molar-refractivity contribution < 1.29 is 13.5 Å². The van der Waals surface area contributed by atoms with Crippen LogP contribution >= 0.6 is 11.6 Å². The summed E-state index contributed by atoms with van der Waals surface area (Å²) in [6.07, 6.45) is 1.45. The van der Waals surface area contributed by atoms with Crippen molar-refractivity contribution in [3.63, 3.8) is 0 Å². The van der Waals surface area contributed by atoms with E-state index >= 15 is 0 Å². The van der Waals surface area contributed by atoms with Gasteiger partial charge < -0.3 is 15.4 Å². The minimum atomic E-state index is -2.90. The summed E-state index contributed by atoms with van der Waals surface area (Å²) < 4.78 is 31.0. The summed E-state index contributed by atoms with van der Waals surface area (Å²) in [6, 6.07) is 4.45. The Morgan fingerprint density at radius 1 is 1.38 bits per heavy atom. The largest absolute Gasteiger partial charge is 0.434 e. The van der Waals surface area contributed by atoms with E-state index in [9.17, 15) is 8.78 Å². The maximum absolute atomic E-state index is 12.5. The second-order valence-electron chi connectivity index (χ2n) is 4.71. The molecule has 0 atom stereocenters. The third-order valence-electron chi connectivity index (χ3n) is 3.13. The van der Waals surface area contributed by atoms with E-state index in [0.717, 1.165) is 5.82 Å². The first-order chi connectivity index (χ1) is 11.5. The van der Waals surface area contributed by atoms with Gasteiger partial charge in [0.25, 0.3) is 0 Å². The van der Waals surface area contributed by atoms with Crippen molar-refractivity contribution in [2.75, 3.05) is 7.05 Å². The van der Waals surface area contributed by atoms with Crippen molar-refractivity contribution >= 4 is 17.6 Å². The van der Waals surface area contributed by atoms with Crippen LogP contribution in [0.3, 0.4) is 0 Å². The maximum atomic E-state index is 12.5. The Labute approximate surface area is 142 Å². The molecule has 0 spiro atoms. The third-order valence-corrected chi connectivity index (χ3v) is 3.36. The predicted molar refractivity (Wildman–Crippen MR) is 86.1 cm³/mol. The summed E-state index contributed by atoms with van der Waals surface area (Å²) in [5, 5.41) is 10.4. The quantitative estimate of drug-likeness (QED) is 0.609. The monoisotopic (exact) mass is 358 g/mol. The number of aliphatic imine (C=N–C) groups is 1. The molecule has 0 bridgehead atoms. The standard InChI is InChI=1S/C14H17ClF2N6O/c1-18-14(20-7-12-21-8-22-23(12)2)19-6-9-5-10(15)3-4-11(9)24-13(16)17/h3-5,8,13H,6-7H2,1-2H3,(H2,18,19,20). The van der Waals surface area contributed by atoms with Gasteiger partial charge in [0, 0.05) is 31.2 Å². The average Bonchev–Trinajstić information content (AvgIpc) is 2.94. The van der Waals surface area contributed by atoms with Gasteiger partial charge in [-0.1, -0.05) is 11.6 Å². The van der Waals surface area contributed by atoms with Crippen LogP contribution in [-0.4, -0.2) is 34.4 Å². The minimum Gasteiger partial charge on any atom is -0.434 e. The van der Waals surface area contributed by atoms with E-state index < -0.39 is 6.61 Å². The fourth-order valence-corrected chi connectivity index (χ4v) is 2.13. The average molecular weight is 359 g/mol. The van der Waals surface area contributed by atoms with Crippen molar-refractivity contribution in [3.05, 3.63) is 40.9 Å². The van der Waals surface area contributed by atoms with E-state index in [1.54, 1.807) is 24.8 Å². The molecule has 0 radical (unpaired) electrons. The second-order valence-corrected chi connectivity index (χ2v) is 5.15. The Bertz CT molecular complexity index is 706. The lowest BCUT2D eigenvalue weighted by Gasteiger charge is -2.14. The van der Waals surface area contributed by atoms with E-state index in [0.29, 0.717) is 23.1 Å². The van der Waals surface area contributed by atoms with Crippen LogP contribution in [0.4, 0.5) is 8.78 Å². The van der Waals surface area contributed by atoms with Gasteiger partial charge in [0.1, 0.15) is 17.9 Å². The van der Waals surface area contributed by atoms with Gasteiger partial charge in [-0.05, 0) is 18.2 Å². The molecule has 0 unspecified atom stereocenters. The number of guanidine groups is 1. The number of hydrogen-bond acceptors (Lipinski definition) is 4. The summed E-state index contributed by atoms with van der Waals surface area (Å²) in [5.41, 5.74) is 0.490. The highest BCUT2D eigenvalue weighted by Gasteiger charge is 2.11. The van der Waals surface area contributed by atoms with Gasteiger partial charge in [-0.2, -0.15) is 13.9 Å². The molecule has 130 valence electrons. The summed E-state index contributed by atoms with van der Waals surface area (Å²) >= 11 is 5.91. The lowest BCUT2D eigenvalue weighted by atomic mass is 10.2. The number of aryl methyl sites for hydroxylation is 1. The lowest BCUT2D eigenvalue weighted by molar-refractivity contribution is -0.0504. The molecule has 0 saturated carbocycles. The topological polar surface area (TPSA) is 76.4 Å². The number of rotatable bonds is 6. The third kappa shape index (κ3) is 5.05. The number of alkyl halides is 2. The number of halogens is 3. The van der Waals surface area contributed by atoms with Gasteiger partial charge in [0.05, 0.1) is 6.54 Å². The van der Waals surface area contributed by atoms with E-state index in [-0.39, 0.29) is 12.3 Å². The molecule has 0 saturated heterocycles. The Balaban J connectivity index is 1.97. The Morgan fingerprint density at radius 3 is 2.75 bits per heavy atom. The zero-order valence-electron chi connectivity index (χ0n) is 13.1. The number of hydrogen-bond donors (Lipinski definition) is 2. The number of nitrogens with one attached hydrogen (secondary N) is 2. The van der Waals surface area contributed by atoms with Gasteiger partial charge in [0.15, 0.2) is 5.96 Å². The van der Waals surface area contributed by atoms with Crippen molar-refractivity contribution in [1.82, 2.24) is 25.4 Å². The van der Waals surface area contributed by atoms with Crippen LogP contribution in [-0.2, 0) is 20.1 Å². The molecule has 1 heterocycles. The number of aromatic nitrogens is 3. The highest BCUT2D eigenvalue weighted by molar-refractivity contribution is 6.30. The Kier molecular flexibility index (Phi) is 6.30. The molecule has 10 heteroatoms. The first-order valence-electron chi connectivity index (χ1n) is 7.00. The van der Waals surface area contributed by atoms with Gasteiger partial charge in [-0.25, -0.2) is 4.98 Å². The van der Waals surface area contributed by atoms with E-state index in [4.69, 9.17) is 11.6 Å². The molecular formula is C14H17ClF2N6O. The van der Waals surface area contributed by atoms with Crippen LogP contribution in [0.5, 0.6) is 5.75 Å². The molecule has 1 aromatic heterocycles.